The molecule has 0 aliphatic carbocycles. The largest absolute Gasteiger partial charge is 0.341 e. The SMILES string of the molecule is O=C1NCSC1=NS(=O)(=O)c1ccc([N+](=O)[O-])cc1. The van der Waals surface area contributed by atoms with Gasteiger partial charge in [-0.25, -0.2) is 0 Å². The number of nitro benzene ring substituents is 1. The van der Waals surface area contributed by atoms with Crippen LogP contribution in [0.1, 0.15) is 0 Å². The molecule has 1 heterocycles. The molecule has 1 aliphatic rings. The van der Waals surface area contributed by atoms with E-state index in [1.165, 1.54) is 0 Å². The summed E-state index contributed by atoms with van der Waals surface area (Å²) in [5, 5.41) is 12.7. The van der Waals surface area contributed by atoms with Crippen LogP contribution >= 0.6 is 11.8 Å². The maximum Gasteiger partial charge on any atom is 0.283 e. The summed E-state index contributed by atoms with van der Waals surface area (Å²) >= 11 is 0.982. The number of amides is 1. The molecule has 0 atom stereocenters. The van der Waals surface area contributed by atoms with Crippen molar-refractivity contribution in [3.8, 4) is 0 Å². The zero-order valence-corrected chi connectivity index (χ0v) is 10.9. The van der Waals surface area contributed by atoms with Gasteiger partial charge < -0.3 is 5.32 Å². The predicted octanol–water partition coefficient (Wildman–Crippen LogP) is 0.502. The van der Waals surface area contributed by atoms with Gasteiger partial charge in [0, 0.05) is 12.1 Å². The van der Waals surface area contributed by atoms with E-state index in [1.807, 2.05) is 0 Å². The quantitative estimate of drug-likeness (QED) is 0.641. The molecule has 1 aliphatic heterocycles. The second-order valence-corrected chi connectivity index (χ2v) is 5.99. The second kappa shape index (κ2) is 4.97. The highest BCUT2D eigenvalue weighted by Gasteiger charge is 2.24. The van der Waals surface area contributed by atoms with Crippen molar-refractivity contribution in [2.24, 2.45) is 4.40 Å². The van der Waals surface area contributed by atoms with Crippen LogP contribution in [-0.2, 0) is 14.8 Å². The van der Waals surface area contributed by atoms with Gasteiger partial charge in [-0.15, -0.1) is 4.40 Å². The van der Waals surface area contributed by atoms with Crippen LogP contribution in [0.15, 0.2) is 33.6 Å². The third-order valence-corrected chi connectivity index (χ3v) is 4.43. The van der Waals surface area contributed by atoms with E-state index in [4.69, 9.17) is 0 Å². The molecule has 1 amide bonds. The van der Waals surface area contributed by atoms with Gasteiger partial charge in [0.25, 0.3) is 21.6 Å². The van der Waals surface area contributed by atoms with Gasteiger partial charge in [0.2, 0.25) is 0 Å². The molecule has 100 valence electrons. The molecule has 1 saturated heterocycles. The fourth-order valence-electron chi connectivity index (χ4n) is 1.28. The molecular formula is C9H7N3O5S2. The van der Waals surface area contributed by atoms with Crippen molar-refractivity contribution < 1.29 is 18.1 Å². The molecule has 19 heavy (non-hydrogen) atoms. The van der Waals surface area contributed by atoms with Crippen LogP contribution in [0.5, 0.6) is 0 Å². The summed E-state index contributed by atoms with van der Waals surface area (Å²) < 4.78 is 27.1. The van der Waals surface area contributed by atoms with E-state index in [0.717, 1.165) is 36.0 Å². The number of rotatable bonds is 3. The molecule has 0 unspecified atom stereocenters. The number of nitro groups is 1. The minimum absolute atomic E-state index is 0.140. The van der Waals surface area contributed by atoms with Gasteiger partial charge in [0.15, 0.2) is 5.04 Å². The van der Waals surface area contributed by atoms with Crippen LogP contribution in [0, 0.1) is 10.1 Å². The van der Waals surface area contributed by atoms with E-state index >= 15 is 0 Å². The monoisotopic (exact) mass is 301 g/mol. The highest BCUT2D eigenvalue weighted by atomic mass is 32.2. The Morgan fingerprint density at radius 1 is 1.32 bits per heavy atom. The van der Waals surface area contributed by atoms with Crippen molar-refractivity contribution >= 4 is 38.4 Å². The van der Waals surface area contributed by atoms with Gasteiger partial charge in [-0.1, -0.05) is 11.8 Å². The molecule has 1 fully saturated rings. The number of sulfonamides is 1. The van der Waals surface area contributed by atoms with Crippen LogP contribution in [0.3, 0.4) is 0 Å². The normalized spacial score (nSPS) is 17.5. The van der Waals surface area contributed by atoms with Gasteiger partial charge in [0.05, 0.1) is 15.7 Å². The van der Waals surface area contributed by atoms with Gasteiger partial charge >= 0.3 is 0 Å². The average Bonchev–Trinajstić information content (AvgIpc) is 2.74. The highest BCUT2D eigenvalue weighted by molar-refractivity contribution is 8.17. The number of carbonyl (C=O) groups is 1. The van der Waals surface area contributed by atoms with E-state index in [2.05, 4.69) is 9.71 Å². The van der Waals surface area contributed by atoms with E-state index < -0.39 is 20.9 Å². The fourth-order valence-corrected chi connectivity index (χ4v) is 3.22. The van der Waals surface area contributed by atoms with Gasteiger partial charge in [-0.2, -0.15) is 8.42 Å². The van der Waals surface area contributed by atoms with E-state index in [9.17, 15) is 23.3 Å². The predicted molar refractivity (Wildman–Crippen MR) is 68.3 cm³/mol. The number of hydrogen-bond acceptors (Lipinski definition) is 6. The van der Waals surface area contributed by atoms with Crippen LogP contribution in [0.4, 0.5) is 5.69 Å². The Morgan fingerprint density at radius 2 is 1.95 bits per heavy atom. The first-order valence-electron chi connectivity index (χ1n) is 4.90. The van der Waals surface area contributed by atoms with Crippen molar-refractivity contribution in [3.05, 3.63) is 34.4 Å². The maximum atomic E-state index is 11.9. The van der Waals surface area contributed by atoms with Gasteiger partial charge in [-0.3, -0.25) is 14.9 Å². The molecule has 0 bridgehead atoms. The molecule has 0 saturated carbocycles. The molecule has 2 rings (SSSR count). The number of nitrogens with zero attached hydrogens (tertiary/aromatic N) is 2. The summed E-state index contributed by atoms with van der Waals surface area (Å²) in [5.41, 5.74) is -0.223. The maximum absolute atomic E-state index is 11.9. The minimum atomic E-state index is -4.04. The Hall–Kier alpha value is -1.94. The number of thioether (sulfide) groups is 1. The summed E-state index contributed by atoms with van der Waals surface area (Å²) in [6.45, 7) is 0. The van der Waals surface area contributed by atoms with Crippen molar-refractivity contribution in [1.29, 1.82) is 0 Å². The first kappa shape index (κ1) is 13.5. The first-order chi connectivity index (χ1) is 8.90. The zero-order valence-electron chi connectivity index (χ0n) is 9.27. The molecule has 1 aromatic carbocycles. The Kier molecular flexibility index (Phi) is 3.53. The molecule has 0 radical (unpaired) electrons. The van der Waals surface area contributed by atoms with Crippen molar-refractivity contribution in [2.75, 3.05) is 5.88 Å². The molecule has 0 aromatic heterocycles. The van der Waals surface area contributed by atoms with Crippen molar-refractivity contribution in [2.45, 2.75) is 4.90 Å². The number of benzene rings is 1. The van der Waals surface area contributed by atoms with Crippen molar-refractivity contribution in [1.82, 2.24) is 5.32 Å². The number of non-ortho nitro benzene ring substituents is 1. The summed E-state index contributed by atoms with van der Waals surface area (Å²) in [4.78, 5) is 20.8. The molecule has 1 N–H and O–H groups in total. The number of nitrogens with one attached hydrogen (secondary N) is 1. The average molecular weight is 301 g/mol. The van der Waals surface area contributed by atoms with Crippen LogP contribution < -0.4 is 5.32 Å². The summed E-state index contributed by atoms with van der Waals surface area (Å²) in [7, 11) is -4.04. The van der Waals surface area contributed by atoms with E-state index in [0.29, 0.717) is 0 Å². The highest BCUT2D eigenvalue weighted by Crippen LogP contribution is 2.20. The third-order valence-electron chi connectivity index (χ3n) is 2.18. The molecule has 10 heteroatoms. The molecule has 0 spiro atoms. The Balaban J connectivity index is 2.34. The van der Waals surface area contributed by atoms with Gasteiger partial charge in [0.1, 0.15) is 0 Å². The third kappa shape index (κ3) is 2.90. The Labute approximate surface area is 112 Å². The minimum Gasteiger partial charge on any atom is -0.341 e. The van der Waals surface area contributed by atoms with E-state index in [1.54, 1.807) is 0 Å². The number of hydrogen-bond donors (Lipinski definition) is 1. The van der Waals surface area contributed by atoms with Crippen molar-refractivity contribution in [3.63, 3.8) is 0 Å². The lowest BCUT2D eigenvalue weighted by molar-refractivity contribution is -0.384. The van der Waals surface area contributed by atoms with E-state index in [-0.39, 0.29) is 21.5 Å². The topological polar surface area (TPSA) is 119 Å². The molecular weight excluding hydrogens is 294 g/mol. The smallest absolute Gasteiger partial charge is 0.283 e. The lowest BCUT2D eigenvalue weighted by Crippen LogP contribution is -2.19. The summed E-state index contributed by atoms with van der Waals surface area (Å²) in [5.74, 6) is -0.275. The van der Waals surface area contributed by atoms with Crippen LogP contribution in [0.25, 0.3) is 0 Å². The zero-order chi connectivity index (χ0) is 14.0. The van der Waals surface area contributed by atoms with Crippen LogP contribution in [0.2, 0.25) is 0 Å². The number of carbonyl (C=O) groups excluding carboxylic acids is 1. The molecule has 1 aromatic rings. The van der Waals surface area contributed by atoms with Crippen LogP contribution in [-0.4, -0.2) is 30.2 Å². The standard InChI is InChI=1S/C9H7N3O5S2/c13-8-9(18-5-10-8)11-19(16,17)7-3-1-6(2-4-7)12(14)15/h1-4H,5H2,(H,10,13). The Bertz CT molecular complexity index is 666. The fraction of sp³-hybridized carbons (Fsp3) is 0.111. The lowest BCUT2D eigenvalue weighted by atomic mass is 10.3. The first-order valence-corrected chi connectivity index (χ1v) is 7.33. The Morgan fingerprint density at radius 3 is 2.42 bits per heavy atom. The summed E-state index contributed by atoms with van der Waals surface area (Å²) in [6, 6.07) is 4.29. The lowest BCUT2D eigenvalue weighted by Gasteiger charge is -1.99. The van der Waals surface area contributed by atoms with Gasteiger partial charge in [-0.05, 0) is 12.1 Å². The second-order valence-electron chi connectivity index (χ2n) is 3.42. The summed E-state index contributed by atoms with van der Waals surface area (Å²) in [6.07, 6.45) is 0. The molecule has 8 nitrogen and oxygen atoms in total.